The summed E-state index contributed by atoms with van der Waals surface area (Å²) in [7, 11) is 0. The van der Waals surface area contributed by atoms with Gasteiger partial charge in [0.1, 0.15) is 0 Å². The molecule has 28 heavy (non-hydrogen) atoms. The lowest BCUT2D eigenvalue weighted by Gasteiger charge is -2.35. The Morgan fingerprint density at radius 1 is 1.18 bits per heavy atom. The van der Waals surface area contributed by atoms with E-state index in [1.54, 1.807) is 11.8 Å². The van der Waals surface area contributed by atoms with Gasteiger partial charge in [-0.15, -0.1) is 0 Å². The summed E-state index contributed by atoms with van der Waals surface area (Å²) in [5.41, 5.74) is 2.16. The van der Waals surface area contributed by atoms with Crippen LogP contribution in [-0.2, 0) is 25.7 Å². The molecular formula is C21H29N3O4. The van der Waals surface area contributed by atoms with Crippen LogP contribution in [0.15, 0.2) is 24.3 Å². The first kappa shape index (κ1) is 20.3. The number of ether oxygens (including phenoxy) is 1. The summed E-state index contributed by atoms with van der Waals surface area (Å²) < 4.78 is 5.50. The molecule has 0 spiro atoms. The fraction of sp³-hybridized carbons (Fsp3) is 0.571. The van der Waals surface area contributed by atoms with E-state index in [4.69, 9.17) is 4.74 Å². The molecule has 2 saturated heterocycles. The summed E-state index contributed by atoms with van der Waals surface area (Å²) in [6.07, 6.45) is 2.08. The molecule has 7 heteroatoms. The Balaban J connectivity index is 1.48. The molecule has 1 aromatic rings. The van der Waals surface area contributed by atoms with Crippen molar-refractivity contribution in [2.24, 2.45) is 5.92 Å². The Bertz CT molecular complexity index is 713. The lowest BCUT2D eigenvalue weighted by molar-refractivity contribution is -0.157. The van der Waals surface area contributed by atoms with Crippen LogP contribution in [0.4, 0.5) is 0 Å². The number of carbonyl (C=O) groups excluding carboxylic acids is 3. The SMILES string of the molecule is Cc1ccc(CN2CCN(C[C@@H](C)C(=O)NC[C@@H]3CCCO3)C(=O)C2=O)cc1. The average Bonchev–Trinajstić information content (AvgIpc) is 3.21. The van der Waals surface area contributed by atoms with Crippen molar-refractivity contribution in [1.29, 1.82) is 0 Å². The van der Waals surface area contributed by atoms with E-state index < -0.39 is 11.8 Å². The van der Waals surface area contributed by atoms with Crippen LogP contribution >= 0.6 is 0 Å². The second kappa shape index (κ2) is 9.19. The van der Waals surface area contributed by atoms with E-state index in [-0.39, 0.29) is 24.5 Å². The summed E-state index contributed by atoms with van der Waals surface area (Å²) in [6, 6.07) is 7.93. The lowest BCUT2D eigenvalue weighted by Crippen LogP contribution is -2.55. The number of hydrogen-bond donors (Lipinski definition) is 1. The van der Waals surface area contributed by atoms with Crippen LogP contribution in [0.3, 0.4) is 0 Å². The zero-order chi connectivity index (χ0) is 20.1. The van der Waals surface area contributed by atoms with Gasteiger partial charge in [0.15, 0.2) is 0 Å². The fourth-order valence-corrected chi connectivity index (χ4v) is 3.56. The molecule has 0 aliphatic carbocycles. The summed E-state index contributed by atoms with van der Waals surface area (Å²) in [4.78, 5) is 40.3. The molecule has 0 aromatic heterocycles. The van der Waals surface area contributed by atoms with Gasteiger partial charge < -0.3 is 19.9 Å². The maximum Gasteiger partial charge on any atom is 0.312 e. The number of benzene rings is 1. The topological polar surface area (TPSA) is 79.0 Å². The van der Waals surface area contributed by atoms with Crippen molar-refractivity contribution in [3.05, 3.63) is 35.4 Å². The summed E-state index contributed by atoms with van der Waals surface area (Å²) in [6.45, 7) is 6.63. The monoisotopic (exact) mass is 387 g/mol. The van der Waals surface area contributed by atoms with E-state index >= 15 is 0 Å². The fourth-order valence-electron chi connectivity index (χ4n) is 3.56. The number of aryl methyl sites for hydroxylation is 1. The van der Waals surface area contributed by atoms with Crippen LogP contribution in [0.5, 0.6) is 0 Å². The van der Waals surface area contributed by atoms with Crippen molar-refractivity contribution < 1.29 is 19.1 Å². The van der Waals surface area contributed by atoms with Crippen molar-refractivity contribution in [1.82, 2.24) is 15.1 Å². The first-order chi connectivity index (χ1) is 13.4. The number of rotatable bonds is 7. The van der Waals surface area contributed by atoms with Gasteiger partial charge in [0.05, 0.1) is 12.0 Å². The molecule has 152 valence electrons. The quantitative estimate of drug-likeness (QED) is 0.711. The highest BCUT2D eigenvalue weighted by atomic mass is 16.5. The zero-order valence-electron chi connectivity index (χ0n) is 16.6. The molecule has 0 radical (unpaired) electrons. The van der Waals surface area contributed by atoms with Crippen LogP contribution in [0, 0.1) is 12.8 Å². The van der Waals surface area contributed by atoms with Gasteiger partial charge in [0, 0.05) is 39.3 Å². The minimum Gasteiger partial charge on any atom is -0.376 e. The van der Waals surface area contributed by atoms with Gasteiger partial charge in [-0.1, -0.05) is 36.8 Å². The molecule has 0 saturated carbocycles. The molecule has 1 aromatic carbocycles. The Kier molecular flexibility index (Phi) is 6.67. The highest BCUT2D eigenvalue weighted by Gasteiger charge is 2.34. The van der Waals surface area contributed by atoms with E-state index in [9.17, 15) is 14.4 Å². The number of hydrogen-bond acceptors (Lipinski definition) is 4. The zero-order valence-corrected chi connectivity index (χ0v) is 16.6. The lowest BCUT2D eigenvalue weighted by atomic mass is 10.1. The van der Waals surface area contributed by atoms with Gasteiger partial charge >= 0.3 is 11.8 Å². The van der Waals surface area contributed by atoms with Crippen LogP contribution in [0.2, 0.25) is 0 Å². The Morgan fingerprint density at radius 2 is 1.86 bits per heavy atom. The van der Waals surface area contributed by atoms with E-state index in [0.717, 1.165) is 30.6 Å². The van der Waals surface area contributed by atoms with Gasteiger partial charge in [-0.05, 0) is 25.3 Å². The maximum absolute atomic E-state index is 12.5. The third-order valence-corrected chi connectivity index (χ3v) is 5.36. The van der Waals surface area contributed by atoms with Crippen molar-refractivity contribution in [3.8, 4) is 0 Å². The molecule has 1 N–H and O–H groups in total. The first-order valence-corrected chi connectivity index (χ1v) is 9.97. The van der Waals surface area contributed by atoms with E-state index in [1.807, 2.05) is 31.2 Å². The third kappa shape index (κ3) is 5.10. The van der Waals surface area contributed by atoms with Crippen LogP contribution in [0.25, 0.3) is 0 Å². The van der Waals surface area contributed by atoms with Gasteiger partial charge in [-0.2, -0.15) is 0 Å². The average molecular weight is 387 g/mol. The molecule has 3 rings (SSSR count). The molecule has 2 heterocycles. The van der Waals surface area contributed by atoms with E-state index in [1.165, 1.54) is 4.90 Å². The molecule has 2 aliphatic rings. The molecular weight excluding hydrogens is 358 g/mol. The summed E-state index contributed by atoms with van der Waals surface area (Å²) in [5.74, 6) is -1.52. The largest absolute Gasteiger partial charge is 0.376 e. The molecule has 2 atom stereocenters. The standard InChI is InChI=1S/C21H29N3O4/c1-15-5-7-17(8-6-15)14-24-10-9-23(20(26)21(24)27)13-16(2)19(25)22-12-18-4-3-11-28-18/h5-8,16,18H,3-4,9-14H2,1-2H3,(H,22,25)/t16-,18+/m1/s1. The Hall–Kier alpha value is -2.41. The highest BCUT2D eigenvalue weighted by Crippen LogP contribution is 2.14. The molecule has 0 unspecified atom stereocenters. The first-order valence-electron chi connectivity index (χ1n) is 9.97. The number of nitrogens with zero attached hydrogens (tertiary/aromatic N) is 2. The number of carbonyl (C=O) groups is 3. The molecule has 0 bridgehead atoms. The van der Waals surface area contributed by atoms with Crippen molar-refractivity contribution in [2.75, 3.05) is 32.8 Å². The van der Waals surface area contributed by atoms with Gasteiger partial charge in [-0.25, -0.2) is 0 Å². The number of amides is 3. The summed E-state index contributed by atoms with van der Waals surface area (Å²) in [5, 5.41) is 2.89. The number of nitrogens with one attached hydrogen (secondary N) is 1. The van der Waals surface area contributed by atoms with Crippen molar-refractivity contribution in [2.45, 2.75) is 39.3 Å². The minimum atomic E-state index is -0.530. The molecule has 2 fully saturated rings. The van der Waals surface area contributed by atoms with Gasteiger partial charge in [0.2, 0.25) is 5.91 Å². The second-order valence-corrected chi connectivity index (χ2v) is 7.74. The molecule has 3 amide bonds. The van der Waals surface area contributed by atoms with Crippen LogP contribution < -0.4 is 5.32 Å². The Labute approximate surface area is 166 Å². The summed E-state index contributed by atoms with van der Waals surface area (Å²) >= 11 is 0. The van der Waals surface area contributed by atoms with E-state index in [2.05, 4.69) is 5.32 Å². The van der Waals surface area contributed by atoms with Gasteiger partial charge in [0.25, 0.3) is 0 Å². The highest BCUT2D eigenvalue weighted by molar-refractivity contribution is 6.35. The predicted molar refractivity (Wildman–Crippen MR) is 104 cm³/mol. The van der Waals surface area contributed by atoms with Crippen LogP contribution in [-0.4, -0.2) is 66.4 Å². The van der Waals surface area contributed by atoms with Crippen molar-refractivity contribution in [3.63, 3.8) is 0 Å². The van der Waals surface area contributed by atoms with Gasteiger partial charge in [-0.3, -0.25) is 14.4 Å². The predicted octanol–water partition coefficient (Wildman–Crippen LogP) is 1.10. The minimum absolute atomic E-state index is 0.0877. The normalized spacial score (nSPS) is 21.1. The smallest absolute Gasteiger partial charge is 0.312 e. The molecule has 7 nitrogen and oxygen atoms in total. The second-order valence-electron chi connectivity index (χ2n) is 7.74. The molecule has 2 aliphatic heterocycles. The van der Waals surface area contributed by atoms with E-state index in [0.29, 0.717) is 26.2 Å². The van der Waals surface area contributed by atoms with Crippen molar-refractivity contribution >= 4 is 17.7 Å². The number of piperazine rings is 1. The Morgan fingerprint density at radius 3 is 2.54 bits per heavy atom. The van der Waals surface area contributed by atoms with Crippen LogP contribution in [0.1, 0.15) is 30.9 Å². The maximum atomic E-state index is 12.5. The third-order valence-electron chi connectivity index (χ3n) is 5.36.